The Hall–Kier alpha value is -0.910. The molecular weight excluding hydrogens is 320 g/mol. The van der Waals surface area contributed by atoms with E-state index in [9.17, 15) is 9.59 Å². The second-order valence-corrected chi connectivity index (χ2v) is 7.79. The molecule has 1 N–H and O–H groups in total. The van der Waals surface area contributed by atoms with Crippen molar-refractivity contribution in [3.63, 3.8) is 0 Å². The standard InChI is InChI=1S/C16H23ClN2O2S/c1-19(2)12-5-3-4-11(10-12)18-16(21)9-6-13(20)14-7-8-15(17)22-14/h7-8,11-12H,3-6,9-10H2,1-2H3,(H,18,21)/t11-,12+/m1/s1. The fourth-order valence-corrected chi connectivity index (χ4v) is 3.89. The summed E-state index contributed by atoms with van der Waals surface area (Å²) in [5.41, 5.74) is 0. The molecule has 1 aliphatic carbocycles. The van der Waals surface area contributed by atoms with E-state index in [1.165, 1.54) is 17.8 Å². The van der Waals surface area contributed by atoms with E-state index in [0.29, 0.717) is 15.3 Å². The summed E-state index contributed by atoms with van der Waals surface area (Å²) >= 11 is 7.08. The van der Waals surface area contributed by atoms with E-state index in [0.717, 1.165) is 19.3 Å². The number of amides is 1. The van der Waals surface area contributed by atoms with Crippen molar-refractivity contribution in [1.29, 1.82) is 0 Å². The van der Waals surface area contributed by atoms with Gasteiger partial charge in [0, 0.05) is 24.9 Å². The van der Waals surface area contributed by atoms with Crippen LogP contribution in [0.4, 0.5) is 0 Å². The summed E-state index contributed by atoms with van der Waals surface area (Å²) < 4.78 is 0.602. The van der Waals surface area contributed by atoms with Crippen LogP contribution < -0.4 is 5.32 Å². The van der Waals surface area contributed by atoms with Crippen molar-refractivity contribution in [1.82, 2.24) is 10.2 Å². The number of hydrogen-bond acceptors (Lipinski definition) is 4. The van der Waals surface area contributed by atoms with E-state index in [4.69, 9.17) is 11.6 Å². The zero-order valence-corrected chi connectivity index (χ0v) is 14.7. The van der Waals surface area contributed by atoms with Gasteiger partial charge in [-0.25, -0.2) is 0 Å². The topological polar surface area (TPSA) is 49.4 Å². The van der Waals surface area contributed by atoms with Crippen LogP contribution in [0.1, 0.15) is 48.2 Å². The second kappa shape index (κ2) is 8.09. The molecule has 0 aliphatic heterocycles. The number of rotatable bonds is 6. The number of thiophene rings is 1. The monoisotopic (exact) mass is 342 g/mol. The number of halogens is 1. The van der Waals surface area contributed by atoms with Crippen molar-refractivity contribution in [3.8, 4) is 0 Å². The minimum Gasteiger partial charge on any atom is -0.353 e. The van der Waals surface area contributed by atoms with Gasteiger partial charge < -0.3 is 10.2 Å². The highest BCUT2D eigenvalue weighted by Gasteiger charge is 2.24. The zero-order chi connectivity index (χ0) is 16.1. The summed E-state index contributed by atoms with van der Waals surface area (Å²) in [5.74, 6) is -0.0396. The lowest BCUT2D eigenvalue weighted by Crippen LogP contribution is -2.43. The van der Waals surface area contributed by atoms with Crippen LogP contribution in [0.2, 0.25) is 4.34 Å². The quantitative estimate of drug-likeness (QED) is 0.806. The lowest BCUT2D eigenvalue weighted by atomic mass is 9.90. The Morgan fingerprint density at radius 2 is 2.09 bits per heavy atom. The first-order chi connectivity index (χ1) is 10.5. The fraction of sp³-hybridized carbons (Fsp3) is 0.625. The van der Waals surface area contributed by atoms with Gasteiger partial charge in [-0.1, -0.05) is 11.6 Å². The van der Waals surface area contributed by atoms with Crippen molar-refractivity contribution in [2.24, 2.45) is 0 Å². The van der Waals surface area contributed by atoms with Crippen LogP contribution in [-0.4, -0.2) is 42.8 Å². The van der Waals surface area contributed by atoms with E-state index in [2.05, 4.69) is 24.3 Å². The molecule has 0 spiro atoms. The SMILES string of the molecule is CN(C)[C@H]1CCC[C@@H](NC(=O)CCC(=O)c2ccc(Cl)s2)C1. The highest BCUT2D eigenvalue weighted by molar-refractivity contribution is 7.18. The Balaban J connectivity index is 1.74. The van der Waals surface area contributed by atoms with Crippen molar-refractivity contribution in [2.75, 3.05) is 14.1 Å². The number of hydrogen-bond donors (Lipinski definition) is 1. The van der Waals surface area contributed by atoms with Gasteiger partial charge in [-0.05, 0) is 51.9 Å². The number of Topliss-reactive ketones (excluding diaryl/α,β-unsaturated/α-hetero) is 1. The van der Waals surface area contributed by atoms with Gasteiger partial charge >= 0.3 is 0 Å². The molecule has 1 aromatic rings. The molecule has 2 rings (SSSR count). The summed E-state index contributed by atoms with van der Waals surface area (Å²) in [5, 5.41) is 3.08. The molecular formula is C16H23ClN2O2S. The lowest BCUT2D eigenvalue weighted by Gasteiger charge is -2.33. The van der Waals surface area contributed by atoms with Crippen LogP contribution in [0, 0.1) is 0 Å². The average molecular weight is 343 g/mol. The largest absolute Gasteiger partial charge is 0.353 e. The Kier molecular flexibility index (Phi) is 6.41. The number of carbonyl (C=O) groups is 2. The second-order valence-electron chi connectivity index (χ2n) is 6.08. The molecule has 1 amide bonds. The molecule has 2 atom stereocenters. The molecule has 1 fully saturated rings. The van der Waals surface area contributed by atoms with Crippen LogP contribution in [0.5, 0.6) is 0 Å². The molecule has 0 saturated heterocycles. The molecule has 22 heavy (non-hydrogen) atoms. The van der Waals surface area contributed by atoms with Crippen LogP contribution in [0.25, 0.3) is 0 Å². The van der Waals surface area contributed by atoms with Gasteiger partial charge in [0.25, 0.3) is 0 Å². The van der Waals surface area contributed by atoms with Gasteiger partial charge in [0.1, 0.15) is 0 Å². The number of nitrogens with one attached hydrogen (secondary N) is 1. The predicted molar refractivity (Wildman–Crippen MR) is 90.8 cm³/mol. The summed E-state index contributed by atoms with van der Waals surface area (Å²) in [6.07, 6.45) is 4.85. The molecule has 1 aromatic heterocycles. The van der Waals surface area contributed by atoms with Crippen molar-refractivity contribution >= 4 is 34.6 Å². The van der Waals surface area contributed by atoms with Crippen molar-refractivity contribution in [2.45, 2.75) is 50.6 Å². The third-order valence-electron chi connectivity index (χ3n) is 4.17. The van der Waals surface area contributed by atoms with Gasteiger partial charge in [0.15, 0.2) is 5.78 Å². The van der Waals surface area contributed by atoms with E-state index in [-0.39, 0.29) is 30.6 Å². The van der Waals surface area contributed by atoms with E-state index < -0.39 is 0 Å². The van der Waals surface area contributed by atoms with Crippen LogP contribution in [0.15, 0.2) is 12.1 Å². The summed E-state index contributed by atoms with van der Waals surface area (Å²) in [7, 11) is 4.17. The molecule has 0 bridgehead atoms. The summed E-state index contributed by atoms with van der Waals surface area (Å²) in [6, 6.07) is 4.20. The van der Waals surface area contributed by atoms with Gasteiger partial charge in [-0.3, -0.25) is 9.59 Å². The Labute approximate surface area is 140 Å². The summed E-state index contributed by atoms with van der Waals surface area (Å²) in [4.78, 5) is 26.8. The first-order valence-corrected chi connectivity index (χ1v) is 8.89. The molecule has 1 aliphatic rings. The van der Waals surface area contributed by atoms with Crippen LogP contribution in [-0.2, 0) is 4.79 Å². The minimum atomic E-state index is -0.0274. The molecule has 0 radical (unpaired) electrons. The van der Waals surface area contributed by atoms with E-state index in [1.54, 1.807) is 12.1 Å². The first-order valence-electron chi connectivity index (χ1n) is 7.70. The van der Waals surface area contributed by atoms with Crippen LogP contribution >= 0.6 is 22.9 Å². The maximum absolute atomic E-state index is 12.0. The highest BCUT2D eigenvalue weighted by atomic mass is 35.5. The summed E-state index contributed by atoms with van der Waals surface area (Å²) in [6.45, 7) is 0. The molecule has 0 aromatic carbocycles. The van der Waals surface area contributed by atoms with Crippen LogP contribution in [0.3, 0.4) is 0 Å². The number of ketones is 1. The minimum absolute atomic E-state index is 0.0122. The van der Waals surface area contributed by atoms with Gasteiger partial charge in [0.05, 0.1) is 9.21 Å². The Morgan fingerprint density at radius 3 is 2.73 bits per heavy atom. The third-order valence-corrected chi connectivity index (χ3v) is 5.44. The molecule has 1 heterocycles. The van der Waals surface area contributed by atoms with Gasteiger partial charge in [-0.2, -0.15) is 0 Å². The Morgan fingerprint density at radius 1 is 1.32 bits per heavy atom. The maximum Gasteiger partial charge on any atom is 0.220 e. The van der Waals surface area contributed by atoms with E-state index in [1.807, 2.05) is 0 Å². The van der Waals surface area contributed by atoms with Crippen molar-refractivity contribution < 1.29 is 9.59 Å². The zero-order valence-electron chi connectivity index (χ0n) is 13.1. The maximum atomic E-state index is 12.0. The van der Waals surface area contributed by atoms with Gasteiger partial charge in [-0.15, -0.1) is 11.3 Å². The third kappa shape index (κ3) is 5.07. The molecule has 122 valence electrons. The smallest absolute Gasteiger partial charge is 0.220 e. The average Bonchev–Trinajstić information content (AvgIpc) is 2.91. The molecule has 1 saturated carbocycles. The number of nitrogens with zero attached hydrogens (tertiary/aromatic N) is 1. The molecule has 0 unspecified atom stereocenters. The number of carbonyl (C=O) groups excluding carboxylic acids is 2. The van der Waals surface area contributed by atoms with E-state index >= 15 is 0 Å². The fourth-order valence-electron chi connectivity index (χ4n) is 2.88. The lowest BCUT2D eigenvalue weighted by molar-refractivity contribution is -0.122. The molecule has 4 nitrogen and oxygen atoms in total. The highest BCUT2D eigenvalue weighted by Crippen LogP contribution is 2.23. The first kappa shape index (κ1) is 17.4. The normalized spacial score (nSPS) is 21.8. The van der Waals surface area contributed by atoms with Gasteiger partial charge in [0.2, 0.25) is 5.91 Å². The predicted octanol–water partition coefficient (Wildman–Crippen LogP) is 3.35. The molecule has 6 heteroatoms. The Bertz CT molecular complexity index is 530. The van der Waals surface area contributed by atoms with Crippen molar-refractivity contribution in [3.05, 3.63) is 21.3 Å².